The van der Waals surface area contributed by atoms with Gasteiger partial charge < -0.3 is 5.32 Å². The molecular weight excluding hydrogens is 317 g/mol. The number of hydrogen-bond acceptors (Lipinski definition) is 3. The Kier molecular flexibility index (Phi) is 4.31. The van der Waals surface area contributed by atoms with Crippen molar-refractivity contribution < 1.29 is 17.6 Å². The summed E-state index contributed by atoms with van der Waals surface area (Å²) in [4.78, 5) is 11.7. The Hall–Kier alpha value is -1.14. The van der Waals surface area contributed by atoms with Gasteiger partial charge in [0.1, 0.15) is 5.82 Å². The Bertz CT molecular complexity index is 684. The zero-order valence-electron chi connectivity index (χ0n) is 11.9. The number of nitrogens with one attached hydrogen (secondary N) is 1. The number of benzene rings is 1. The van der Waals surface area contributed by atoms with E-state index in [2.05, 4.69) is 12.2 Å². The van der Waals surface area contributed by atoms with E-state index in [-0.39, 0.29) is 21.4 Å². The molecule has 0 bridgehead atoms. The first kappa shape index (κ1) is 16.2. The van der Waals surface area contributed by atoms with Crippen molar-refractivity contribution in [2.75, 3.05) is 6.54 Å². The Morgan fingerprint density at radius 2 is 2.05 bits per heavy atom. The van der Waals surface area contributed by atoms with E-state index in [9.17, 15) is 17.6 Å². The number of rotatable bonds is 5. The summed E-state index contributed by atoms with van der Waals surface area (Å²) < 4.78 is 36.6. The van der Waals surface area contributed by atoms with E-state index >= 15 is 0 Å². The van der Waals surface area contributed by atoms with E-state index in [0.717, 1.165) is 31.4 Å². The predicted octanol–water partition coefficient (Wildman–Crippen LogP) is 2.98. The van der Waals surface area contributed by atoms with E-state index in [1.54, 1.807) is 0 Å². The second kappa shape index (κ2) is 5.57. The van der Waals surface area contributed by atoms with Crippen LogP contribution in [0.5, 0.6) is 0 Å². The van der Waals surface area contributed by atoms with Gasteiger partial charge in [-0.25, -0.2) is 12.8 Å². The van der Waals surface area contributed by atoms with Gasteiger partial charge >= 0.3 is 0 Å². The maximum atomic E-state index is 13.8. The van der Waals surface area contributed by atoms with Crippen molar-refractivity contribution >= 4 is 25.6 Å². The Labute approximate surface area is 128 Å². The summed E-state index contributed by atoms with van der Waals surface area (Å²) in [6, 6.07) is 2.14. The van der Waals surface area contributed by atoms with Crippen LogP contribution in [0.25, 0.3) is 0 Å². The molecule has 0 heterocycles. The molecule has 0 saturated heterocycles. The third kappa shape index (κ3) is 3.55. The predicted molar refractivity (Wildman–Crippen MR) is 78.5 cm³/mol. The van der Waals surface area contributed by atoms with Crippen molar-refractivity contribution in [2.45, 2.75) is 38.0 Å². The van der Waals surface area contributed by atoms with E-state index in [0.29, 0.717) is 6.54 Å². The molecule has 0 radical (unpaired) electrons. The van der Waals surface area contributed by atoms with Gasteiger partial charge in [0, 0.05) is 28.4 Å². The van der Waals surface area contributed by atoms with Crippen LogP contribution in [-0.4, -0.2) is 20.9 Å². The largest absolute Gasteiger partial charge is 0.351 e. The molecule has 1 aliphatic rings. The first-order chi connectivity index (χ1) is 9.68. The first-order valence-electron chi connectivity index (χ1n) is 6.71. The highest BCUT2D eigenvalue weighted by molar-refractivity contribution is 8.13. The van der Waals surface area contributed by atoms with Gasteiger partial charge in [0.2, 0.25) is 0 Å². The molecule has 0 spiro atoms. The fourth-order valence-electron chi connectivity index (χ4n) is 2.24. The maximum Gasteiger partial charge on any atom is 0.261 e. The molecule has 0 atom stereocenters. The Morgan fingerprint density at radius 1 is 1.43 bits per heavy atom. The summed E-state index contributed by atoms with van der Waals surface area (Å²) in [5, 5.41) is 2.73. The van der Waals surface area contributed by atoms with E-state index in [1.165, 1.54) is 6.92 Å². The van der Waals surface area contributed by atoms with Crippen molar-refractivity contribution in [1.29, 1.82) is 0 Å². The molecule has 2 rings (SSSR count). The van der Waals surface area contributed by atoms with Gasteiger partial charge in [0.25, 0.3) is 15.0 Å². The summed E-state index contributed by atoms with van der Waals surface area (Å²) in [6.07, 6.45) is 3.09. The zero-order valence-corrected chi connectivity index (χ0v) is 13.4. The number of carbonyl (C=O) groups excluding carboxylic acids is 1. The molecule has 4 nitrogen and oxygen atoms in total. The molecular formula is C14H17ClFNO3S. The maximum absolute atomic E-state index is 13.8. The number of hydrogen-bond donors (Lipinski definition) is 1. The molecule has 1 amide bonds. The average Bonchev–Trinajstić information content (AvgIpc) is 3.18. The molecule has 1 N–H and O–H groups in total. The van der Waals surface area contributed by atoms with Gasteiger partial charge in [-0.05, 0) is 43.7 Å². The van der Waals surface area contributed by atoms with Crippen LogP contribution in [0.4, 0.5) is 4.39 Å². The molecule has 7 heteroatoms. The van der Waals surface area contributed by atoms with Crippen LogP contribution >= 0.6 is 10.7 Å². The zero-order chi connectivity index (χ0) is 15.8. The lowest BCUT2D eigenvalue weighted by Crippen LogP contribution is -2.30. The molecule has 1 fully saturated rings. The second-order valence-electron chi connectivity index (χ2n) is 5.56. The minimum atomic E-state index is -4.10. The molecule has 1 saturated carbocycles. The fraction of sp³-hybridized carbons (Fsp3) is 0.500. The summed E-state index contributed by atoms with van der Waals surface area (Å²) >= 11 is 0. The number of carbonyl (C=O) groups is 1. The monoisotopic (exact) mass is 333 g/mol. The van der Waals surface area contributed by atoms with Crippen LogP contribution < -0.4 is 5.32 Å². The van der Waals surface area contributed by atoms with Crippen molar-refractivity contribution in [3.63, 3.8) is 0 Å². The van der Waals surface area contributed by atoms with E-state index in [4.69, 9.17) is 10.7 Å². The lowest BCUT2D eigenvalue weighted by molar-refractivity contribution is 0.0943. The molecule has 21 heavy (non-hydrogen) atoms. The molecule has 1 aromatic carbocycles. The van der Waals surface area contributed by atoms with Gasteiger partial charge in [-0.2, -0.15) is 0 Å². The highest BCUT2D eigenvalue weighted by Crippen LogP contribution is 2.47. The number of amides is 1. The average molecular weight is 334 g/mol. The van der Waals surface area contributed by atoms with Crippen molar-refractivity contribution in [3.8, 4) is 0 Å². The smallest absolute Gasteiger partial charge is 0.261 e. The van der Waals surface area contributed by atoms with Gasteiger partial charge in [0.05, 0.1) is 4.90 Å². The summed E-state index contributed by atoms with van der Waals surface area (Å²) in [7, 11) is 1.17. The summed E-state index contributed by atoms with van der Waals surface area (Å²) in [6.45, 7) is 3.88. The Balaban J connectivity index is 2.24. The van der Waals surface area contributed by atoms with Crippen LogP contribution in [0.1, 0.15) is 42.1 Å². The SMILES string of the molecule is CCC1(CNC(=O)c2cc(F)c(C)c(S(=O)(=O)Cl)c2)CC1. The highest BCUT2D eigenvalue weighted by atomic mass is 35.7. The summed E-state index contributed by atoms with van der Waals surface area (Å²) in [5.41, 5.74) is 0.0262. The standard InChI is InChI=1S/C14H17ClFNO3S/c1-3-14(4-5-14)8-17-13(18)10-6-11(16)9(2)12(7-10)21(15,19)20/h6-7H,3-5,8H2,1-2H3,(H,17,18). The van der Waals surface area contributed by atoms with Crippen LogP contribution in [0.3, 0.4) is 0 Å². The second-order valence-corrected chi connectivity index (χ2v) is 8.09. The van der Waals surface area contributed by atoms with Gasteiger partial charge in [-0.15, -0.1) is 0 Å². The molecule has 0 aromatic heterocycles. The van der Waals surface area contributed by atoms with Crippen LogP contribution in [0.15, 0.2) is 17.0 Å². The van der Waals surface area contributed by atoms with Gasteiger partial charge in [-0.1, -0.05) is 6.92 Å². The molecule has 1 aliphatic carbocycles. The van der Waals surface area contributed by atoms with Crippen molar-refractivity contribution in [1.82, 2.24) is 5.32 Å². The van der Waals surface area contributed by atoms with E-state index in [1.807, 2.05) is 0 Å². The summed E-state index contributed by atoms with van der Waals surface area (Å²) in [5.74, 6) is -1.26. The van der Waals surface area contributed by atoms with Crippen LogP contribution in [0.2, 0.25) is 0 Å². The molecule has 116 valence electrons. The van der Waals surface area contributed by atoms with Gasteiger partial charge in [-0.3, -0.25) is 4.79 Å². The van der Waals surface area contributed by atoms with Gasteiger partial charge in [0.15, 0.2) is 0 Å². The fourth-order valence-corrected chi connectivity index (χ4v) is 3.45. The van der Waals surface area contributed by atoms with Crippen LogP contribution in [-0.2, 0) is 9.05 Å². The number of halogens is 2. The Morgan fingerprint density at radius 3 is 2.52 bits per heavy atom. The molecule has 0 unspecified atom stereocenters. The third-order valence-electron chi connectivity index (χ3n) is 4.15. The van der Waals surface area contributed by atoms with E-state index < -0.39 is 20.8 Å². The van der Waals surface area contributed by atoms with Crippen molar-refractivity contribution in [2.24, 2.45) is 5.41 Å². The highest BCUT2D eigenvalue weighted by Gasteiger charge is 2.40. The quantitative estimate of drug-likeness (QED) is 0.842. The lowest BCUT2D eigenvalue weighted by Gasteiger charge is -2.14. The van der Waals surface area contributed by atoms with Crippen LogP contribution in [0, 0.1) is 18.2 Å². The lowest BCUT2D eigenvalue weighted by atomic mass is 10.0. The minimum Gasteiger partial charge on any atom is -0.351 e. The molecule has 1 aromatic rings. The normalized spacial score (nSPS) is 16.6. The first-order valence-corrected chi connectivity index (χ1v) is 9.02. The van der Waals surface area contributed by atoms with Crippen molar-refractivity contribution in [3.05, 3.63) is 29.1 Å². The minimum absolute atomic E-state index is 0.0378. The third-order valence-corrected chi connectivity index (χ3v) is 5.60. The topological polar surface area (TPSA) is 63.2 Å². The molecule has 0 aliphatic heterocycles.